The molecule has 0 radical (unpaired) electrons. The van der Waals surface area contributed by atoms with Crippen molar-refractivity contribution in [3.05, 3.63) is 102 Å². The van der Waals surface area contributed by atoms with Crippen LogP contribution in [-0.2, 0) is 11.3 Å². The Morgan fingerprint density at radius 1 is 0.829 bits per heavy atom. The molecule has 1 aliphatic heterocycles. The van der Waals surface area contributed by atoms with Gasteiger partial charge >= 0.3 is 0 Å². The summed E-state index contributed by atoms with van der Waals surface area (Å²) in [4.78, 5) is 32.7. The van der Waals surface area contributed by atoms with Crippen molar-refractivity contribution < 1.29 is 9.59 Å². The third-order valence-electron chi connectivity index (χ3n) is 6.69. The number of nitrogens with zero attached hydrogens (tertiary/aromatic N) is 3. The minimum atomic E-state index is 0.0975. The molecular weight excluding hydrogens is 434 g/mol. The highest BCUT2D eigenvalue weighted by molar-refractivity contribution is 5.95. The van der Waals surface area contributed by atoms with Crippen LogP contribution in [0, 0.1) is 0 Å². The molecule has 3 aromatic rings. The molecule has 1 saturated heterocycles. The van der Waals surface area contributed by atoms with Gasteiger partial charge in [0.25, 0.3) is 5.91 Å². The number of carbonyl (C=O) groups excluding carboxylic acids is 2. The first-order valence-corrected chi connectivity index (χ1v) is 12.6. The molecule has 1 heterocycles. The number of hydrogen-bond acceptors (Lipinski definition) is 3. The van der Waals surface area contributed by atoms with E-state index in [1.54, 1.807) is 0 Å². The Hall–Kier alpha value is -3.44. The van der Waals surface area contributed by atoms with E-state index in [0.717, 1.165) is 55.7 Å². The van der Waals surface area contributed by atoms with Crippen LogP contribution in [0.4, 0.5) is 5.69 Å². The minimum absolute atomic E-state index is 0.0975. The number of piperidine rings is 1. The van der Waals surface area contributed by atoms with Crippen LogP contribution in [0.2, 0.25) is 0 Å². The predicted molar refractivity (Wildman–Crippen MR) is 141 cm³/mol. The monoisotopic (exact) mass is 469 g/mol. The molecule has 1 fully saturated rings. The van der Waals surface area contributed by atoms with Gasteiger partial charge in [-0.15, -0.1) is 0 Å². The quantitative estimate of drug-likeness (QED) is 0.431. The molecule has 35 heavy (non-hydrogen) atoms. The molecule has 0 aliphatic carbocycles. The van der Waals surface area contributed by atoms with Crippen molar-refractivity contribution in [1.29, 1.82) is 0 Å². The maximum atomic E-state index is 13.7. The largest absolute Gasteiger partial charge is 0.339 e. The van der Waals surface area contributed by atoms with Crippen molar-refractivity contribution in [3.63, 3.8) is 0 Å². The van der Waals surface area contributed by atoms with Gasteiger partial charge in [0.2, 0.25) is 5.91 Å². The van der Waals surface area contributed by atoms with Crippen molar-refractivity contribution in [2.24, 2.45) is 0 Å². The van der Waals surface area contributed by atoms with Gasteiger partial charge in [-0.3, -0.25) is 14.5 Å². The molecule has 0 bridgehead atoms. The summed E-state index contributed by atoms with van der Waals surface area (Å²) in [5.74, 6) is 0.205. The maximum absolute atomic E-state index is 13.7. The Labute approximate surface area is 209 Å². The zero-order chi connectivity index (χ0) is 24.5. The second-order valence-corrected chi connectivity index (χ2v) is 9.16. The molecule has 0 N–H and O–H groups in total. The Balaban J connectivity index is 1.42. The SMILES string of the molecule is CCCN(CC(=O)N(Cc1ccccc1)c1ccccc1)C1CCN(C(=O)c2ccccc2)CC1. The predicted octanol–water partition coefficient (Wildman–Crippen LogP) is 5.24. The van der Waals surface area contributed by atoms with Crippen molar-refractivity contribution in [2.45, 2.75) is 38.8 Å². The topological polar surface area (TPSA) is 43.9 Å². The van der Waals surface area contributed by atoms with Crippen molar-refractivity contribution in [2.75, 3.05) is 31.1 Å². The highest BCUT2D eigenvalue weighted by Crippen LogP contribution is 2.22. The van der Waals surface area contributed by atoms with Crippen LogP contribution in [0.3, 0.4) is 0 Å². The summed E-state index contributed by atoms with van der Waals surface area (Å²) in [5, 5.41) is 0. The van der Waals surface area contributed by atoms with E-state index < -0.39 is 0 Å². The van der Waals surface area contributed by atoms with Crippen LogP contribution in [0.5, 0.6) is 0 Å². The lowest BCUT2D eigenvalue weighted by Crippen LogP contribution is -2.50. The van der Waals surface area contributed by atoms with Gasteiger partial charge in [-0.25, -0.2) is 0 Å². The number of likely N-dealkylation sites (tertiary alicyclic amines) is 1. The fourth-order valence-corrected chi connectivity index (χ4v) is 4.83. The van der Waals surface area contributed by atoms with Gasteiger partial charge in [-0.1, -0.05) is 73.7 Å². The summed E-state index contributed by atoms with van der Waals surface area (Å²) in [5.41, 5.74) is 2.77. The van der Waals surface area contributed by atoms with Crippen molar-refractivity contribution >= 4 is 17.5 Å². The van der Waals surface area contributed by atoms with Crippen molar-refractivity contribution in [3.8, 4) is 0 Å². The normalized spacial score (nSPS) is 14.2. The second-order valence-electron chi connectivity index (χ2n) is 9.16. The van der Waals surface area contributed by atoms with Gasteiger partial charge in [-0.2, -0.15) is 0 Å². The van der Waals surface area contributed by atoms with Gasteiger partial charge in [-0.05, 0) is 55.6 Å². The first-order valence-electron chi connectivity index (χ1n) is 12.6. The Kier molecular flexibility index (Phi) is 8.68. The van der Waals surface area contributed by atoms with Gasteiger partial charge < -0.3 is 9.80 Å². The van der Waals surface area contributed by atoms with Crippen molar-refractivity contribution in [1.82, 2.24) is 9.80 Å². The molecule has 1 aliphatic rings. The molecule has 182 valence electrons. The van der Waals surface area contributed by atoms with Crippen LogP contribution in [0.15, 0.2) is 91.0 Å². The first-order chi connectivity index (χ1) is 17.2. The van der Waals surface area contributed by atoms with Gasteiger partial charge in [0, 0.05) is 30.4 Å². The molecule has 0 unspecified atom stereocenters. The highest BCUT2D eigenvalue weighted by Gasteiger charge is 2.29. The molecular formula is C30H35N3O2. The van der Waals surface area contributed by atoms with E-state index in [0.29, 0.717) is 19.1 Å². The number of carbonyl (C=O) groups is 2. The fourth-order valence-electron chi connectivity index (χ4n) is 4.83. The lowest BCUT2D eigenvalue weighted by Gasteiger charge is -2.39. The van der Waals surface area contributed by atoms with Crippen LogP contribution < -0.4 is 4.90 Å². The van der Waals surface area contributed by atoms with Crippen LogP contribution in [0.1, 0.15) is 42.1 Å². The van der Waals surface area contributed by atoms with E-state index in [-0.39, 0.29) is 11.8 Å². The highest BCUT2D eigenvalue weighted by atomic mass is 16.2. The Morgan fingerprint density at radius 2 is 1.40 bits per heavy atom. The van der Waals surface area contributed by atoms with E-state index in [9.17, 15) is 9.59 Å². The minimum Gasteiger partial charge on any atom is -0.339 e. The van der Waals surface area contributed by atoms with E-state index in [1.807, 2.05) is 88.7 Å². The molecule has 2 amide bonds. The van der Waals surface area contributed by atoms with Gasteiger partial charge in [0.05, 0.1) is 13.1 Å². The third kappa shape index (κ3) is 6.58. The maximum Gasteiger partial charge on any atom is 0.253 e. The average molecular weight is 470 g/mol. The summed E-state index contributed by atoms with van der Waals surface area (Å²) in [6.07, 6.45) is 2.76. The number of anilines is 1. The molecule has 0 atom stereocenters. The summed E-state index contributed by atoms with van der Waals surface area (Å²) < 4.78 is 0. The fraction of sp³-hybridized carbons (Fsp3) is 0.333. The molecule has 5 heteroatoms. The molecule has 0 spiro atoms. The first kappa shape index (κ1) is 24.7. The summed E-state index contributed by atoms with van der Waals surface area (Å²) >= 11 is 0. The Morgan fingerprint density at radius 3 is 2.00 bits per heavy atom. The lowest BCUT2D eigenvalue weighted by atomic mass is 10.0. The lowest BCUT2D eigenvalue weighted by molar-refractivity contribution is -0.120. The summed E-state index contributed by atoms with van der Waals surface area (Å²) in [6.45, 7) is 5.40. The number of rotatable bonds is 9. The van der Waals surface area contributed by atoms with E-state index in [1.165, 1.54) is 0 Å². The van der Waals surface area contributed by atoms with E-state index >= 15 is 0 Å². The second kappa shape index (κ2) is 12.3. The zero-order valence-electron chi connectivity index (χ0n) is 20.6. The van der Waals surface area contributed by atoms with Crippen LogP contribution >= 0.6 is 0 Å². The van der Waals surface area contributed by atoms with E-state index in [2.05, 4.69) is 24.0 Å². The number of hydrogen-bond donors (Lipinski definition) is 0. The summed E-state index contributed by atoms with van der Waals surface area (Å²) in [7, 11) is 0. The zero-order valence-corrected chi connectivity index (χ0v) is 20.6. The smallest absolute Gasteiger partial charge is 0.253 e. The molecule has 4 rings (SSSR count). The van der Waals surface area contributed by atoms with Gasteiger partial charge in [0.15, 0.2) is 0 Å². The average Bonchev–Trinajstić information content (AvgIpc) is 2.92. The Bertz CT molecular complexity index is 1060. The standard InChI is InChI=1S/C30H35N3O2/c1-2-20-32(27-18-21-31(22-19-27)30(35)26-14-8-4-9-15-26)24-29(34)33(28-16-10-5-11-17-28)23-25-12-6-3-7-13-25/h3-17,27H,2,18-24H2,1H3. The number of para-hydroxylation sites is 1. The molecule has 0 saturated carbocycles. The molecule has 3 aromatic carbocycles. The number of amides is 2. The van der Waals surface area contributed by atoms with Crippen LogP contribution in [0.25, 0.3) is 0 Å². The number of benzene rings is 3. The van der Waals surface area contributed by atoms with E-state index in [4.69, 9.17) is 0 Å². The van der Waals surface area contributed by atoms with Crippen LogP contribution in [-0.4, -0.2) is 53.8 Å². The molecule has 0 aromatic heterocycles. The summed E-state index contributed by atoms with van der Waals surface area (Å²) in [6, 6.07) is 29.9. The van der Waals surface area contributed by atoms with Gasteiger partial charge in [0.1, 0.15) is 0 Å². The third-order valence-corrected chi connectivity index (χ3v) is 6.69. The molecule has 5 nitrogen and oxygen atoms in total.